The lowest BCUT2D eigenvalue weighted by Crippen LogP contribution is -2.40. The number of hydrogen-bond donors (Lipinski definition) is 2. The van der Waals surface area contributed by atoms with Gasteiger partial charge >= 0.3 is 0 Å². The van der Waals surface area contributed by atoms with Crippen LogP contribution in [0.1, 0.15) is 25.8 Å². The van der Waals surface area contributed by atoms with E-state index in [4.69, 9.17) is 0 Å². The Morgan fingerprint density at radius 3 is 2.46 bits per heavy atom. The van der Waals surface area contributed by atoms with Gasteiger partial charge in [0.25, 0.3) is 0 Å². The van der Waals surface area contributed by atoms with Gasteiger partial charge in [-0.2, -0.15) is 0 Å². The van der Waals surface area contributed by atoms with E-state index in [-0.39, 0.29) is 23.2 Å². The molecular weight excluding hydrogens is 320 g/mol. The first-order valence-corrected chi connectivity index (χ1v) is 9.13. The molecule has 1 heterocycles. The molecule has 0 saturated heterocycles. The van der Waals surface area contributed by atoms with Crippen molar-refractivity contribution >= 4 is 23.2 Å². The zero-order valence-electron chi connectivity index (χ0n) is 15.2. The SMILES string of the molecule is CC1(C)C=C2Nc3ccccc3N[C@@H](/C=C\c3ccccc3)[C@@H]2C(=O)C1. The van der Waals surface area contributed by atoms with Crippen LogP contribution in [0, 0.1) is 11.3 Å². The van der Waals surface area contributed by atoms with Crippen LogP contribution in [0.5, 0.6) is 0 Å². The largest absolute Gasteiger partial charge is 0.376 e. The smallest absolute Gasteiger partial charge is 0.145 e. The van der Waals surface area contributed by atoms with Crippen molar-refractivity contribution < 1.29 is 4.79 Å². The molecule has 4 rings (SSSR count). The van der Waals surface area contributed by atoms with E-state index in [9.17, 15) is 4.79 Å². The Balaban J connectivity index is 1.76. The number of ketones is 1. The summed E-state index contributed by atoms with van der Waals surface area (Å²) in [5.41, 5.74) is 4.06. The fourth-order valence-electron chi connectivity index (χ4n) is 3.88. The monoisotopic (exact) mass is 344 g/mol. The topological polar surface area (TPSA) is 41.1 Å². The molecule has 3 heteroatoms. The lowest BCUT2D eigenvalue weighted by atomic mass is 9.73. The van der Waals surface area contributed by atoms with E-state index in [2.05, 4.69) is 67.0 Å². The fraction of sp³-hybridized carbons (Fsp3) is 0.261. The number of hydrogen-bond acceptors (Lipinski definition) is 3. The van der Waals surface area contributed by atoms with Crippen LogP contribution in [-0.4, -0.2) is 11.8 Å². The maximum Gasteiger partial charge on any atom is 0.145 e. The van der Waals surface area contributed by atoms with Crippen LogP contribution in [0.2, 0.25) is 0 Å². The van der Waals surface area contributed by atoms with Gasteiger partial charge in [-0.25, -0.2) is 0 Å². The number of allylic oxidation sites excluding steroid dienone is 1. The van der Waals surface area contributed by atoms with Gasteiger partial charge in [0.15, 0.2) is 0 Å². The van der Waals surface area contributed by atoms with Crippen LogP contribution < -0.4 is 10.6 Å². The first-order valence-electron chi connectivity index (χ1n) is 9.13. The van der Waals surface area contributed by atoms with Crippen molar-refractivity contribution in [3.8, 4) is 0 Å². The van der Waals surface area contributed by atoms with E-state index >= 15 is 0 Å². The molecule has 132 valence electrons. The van der Waals surface area contributed by atoms with Crippen molar-refractivity contribution in [2.75, 3.05) is 10.6 Å². The Bertz CT molecular complexity index is 880. The number of para-hydroxylation sites is 2. The van der Waals surface area contributed by atoms with E-state index in [1.165, 1.54) is 0 Å². The maximum absolute atomic E-state index is 13.0. The molecule has 1 aliphatic heterocycles. The molecule has 26 heavy (non-hydrogen) atoms. The molecule has 0 spiro atoms. The lowest BCUT2D eigenvalue weighted by molar-refractivity contribution is -0.123. The summed E-state index contributed by atoms with van der Waals surface area (Å²) in [6.07, 6.45) is 7.01. The predicted molar refractivity (Wildman–Crippen MR) is 108 cm³/mol. The summed E-state index contributed by atoms with van der Waals surface area (Å²) in [4.78, 5) is 13.0. The molecule has 0 saturated carbocycles. The molecule has 2 N–H and O–H groups in total. The average Bonchev–Trinajstić information content (AvgIpc) is 2.75. The number of nitrogens with one attached hydrogen (secondary N) is 2. The van der Waals surface area contributed by atoms with Crippen molar-refractivity contribution in [2.45, 2.75) is 26.3 Å². The number of carbonyl (C=O) groups excluding carboxylic acids is 1. The van der Waals surface area contributed by atoms with Gasteiger partial charge in [0.2, 0.25) is 0 Å². The highest BCUT2D eigenvalue weighted by Crippen LogP contribution is 2.40. The first-order chi connectivity index (χ1) is 12.5. The Hall–Kier alpha value is -2.81. The molecule has 1 aliphatic carbocycles. The van der Waals surface area contributed by atoms with E-state index in [0.29, 0.717) is 6.42 Å². The molecule has 0 amide bonds. The number of carbonyl (C=O) groups is 1. The molecule has 0 bridgehead atoms. The molecule has 2 aliphatic rings. The van der Waals surface area contributed by atoms with Gasteiger partial charge in [-0.15, -0.1) is 0 Å². The predicted octanol–water partition coefficient (Wildman–Crippen LogP) is 5.11. The van der Waals surface area contributed by atoms with Crippen LogP contribution in [-0.2, 0) is 4.79 Å². The molecule has 0 fully saturated rings. The van der Waals surface area contributed by atoms with Crippen LogP contribution in [0.3, 0.4) is 0 Å². The molecule has 2 aromatic rings. The van der Waals surface area contributed by atoms with Gasteiger partial charge in [0, 0.05) is 12.1 Å². The van der Waals surface area contributed by atoms with Gasteiger partial charge in [0.1, 0.15) is 5.78 Å². The van der Waals surface area contributed by atoms with Gasteiger partial charge in [-0.05, 0) is 23.1 Å². The number of benzene rings is 2. The molecule has 2 atom stereocenters. The molecular formula is C23H24N2O. The highest BCUT2D eigenvalue weighted by molar-refractivity contribution is 5.90. The maximum atomic E-state index is 13.0. The van der Waals surface area contributed by atoms with E-state index < -0.39 is 0 Å². The first kappa shape index (κ1) is 16.6. The second kappa shape index (κ2) is 6.49. The number of Topliss-reactive ketones (excluding diaryl/α,β-unsaturated/α-hetero) is 1. The average molecular weight is 344 g/mol. The third-order valence-corrected chi connectivity index (χ3v) is 5.04. The van der Waals surface area contributed by atoms with Crippen LogP contribution >= 0.6 is 0 Å². The number of rotatable bonds is 2. The normalized spacial score (nSPS) is 23.9. The Labute approximate surface area is 154 Å². The van der Waals surface area contributed by atoms with Crippen LogP contribution in [0.4, 0.5) is 11.4 Å². The van der Waals surface area contributed by atoms with E-state index in [1.807, 2.05) is 30.3 Å². The third-order valence-electron chi connectivity index (χ3n) is 5.04. The number of fused-ring (bicyclic) bond motifs is 2. The minimum absolute atomic E-state index is 0.0822. The molecule has 3 nitrogen and oxygen atoms in total. The second-order valence-electron chi connectivity index (χ2n) is 7.82. The Morgan fingerprint density at radius 2 is 1.69 bits per heavy atom. The zero-order valence-corrected chi connectivity index (χ0v) is 15.2. The van der Waals surface area contributed by atoms with Crippen LogP contribution in [0.25, 0.3) is 6.08 Å². The zero-order chi connectivity index (χ0) is 18.1. The summed E-state index contributed by atoms with van der Waals surface area (Å²) < 4.78 is 0. The third kappa shape index (κ3) is 3.30. The van der Waals surface area contributed by atoms with E-state index in [0.717, 1.165) is 22.6 Å². The Morgan fingerprint density at radius 1 is 1.00 bits per heavy atom. The van der Waals surface area contributed by atoms with Gasteiger partial charge in [-0.3, -0.25) is 4.79 Å². The van der Waals surface area contributed by atoms with Crippen molar-refractivity contribution in [3.63, 3.8) is 0 Å². The lowest BCUT2D eigenvalue weighted by Gasteiger charge is -2.34. The quantitative estimate of drug-likeness (QED) is 0.796. The standard InChI is InChI=1S/C23H24N2O/c1-23(2)14-20-22(21(26)15-23)19(13-12-16-8-4-3-5-9-16)24-17-10-6-7-11-18(17)25-20/h3-14,19,22,24-25H,15H2,1-2H3/b13-12-/t19-,22-/m0/s1. The highest BCUT2D eigenvalue weighted by atomic mass is 16.1. The summed E-state index contributed by atoms with van der Waals surface area (Å²) in [7, 11) is 0. The molecule has 0 radical (unpaired) electrons. The van der Waals surface area contributed by atoms with Crippen molar-refractivity contribution in [2.24, 2.45) is 11.3 Å². The second-order valence-corrected chi connectivity index (χ2v) is 7.82. The highest BCUT2D eigenvalue weighted by Gasteiger charge is 2.40. The van der Waals surface area contributed by atoms with Gasteiger partial charge in [-0.1, -0.05) is 74.5 Å². The van der Waals surface area contributed by atoms with Crippen molar-refractivity contribution in [1.29, 1.82) is 0 Å². The summed E-state index contributed by atoms with van der Waals surface area (Å²) >= 11 is 0. The summed E-state index contributed by atoms with van der Waals surface area (Å²) in [5.74, 6) is 0.0819. The fourth-order valence-corrected chi connectivity index (χ4v) is 3.88. The Kier molecular flexibility index (Phi) is 4.15. The van der Waals surface area contributed by atoms with E-state index in [1.54, 1.807) is 0 Å². The van der Waals surface area contributed by atoms with Crippen LogP contribution in [0.15, 0.2) is 72.4 Å². The minimum atomic E-state index is -0.199. The summed E-state index contributed by atoms with van der Waals surface area (Å²) in [6, 6.07) is 18.3. The number of anilines is 2. The van der Waals surface area contributed by atoms with Crippen molar-refractivity contribution in [1.82, 2.24) is 0 Å². The van der Waals surface area contributed by atoms with Gasteiger partial charge < -0.3 is 10.6 Å². The molecule has 0 unspecified atom stereocenters. The summed E-state index contributed by atoms with van der Waals surface area (Å²) in [5, 5.41) is 7.10. The van der Waals surface area contributed by atoms with Gasteiger partial charge in [0.05, 0.1) is 23.3 Å². The summed E-state index contributed by atoms with van der Waals surface area (Å²) in [6.45, 7) is 4.24. The van der Waals surface area contributed by atoms with Crippen molar-refractivity contribution in [3.05, 3.63) is 78.0 Å². The molecule has 2 aromatic carbocycles. The minimum Gasteiger partial charge on any atom is -0.376 e. The molecule has 0 aromatic heterocycles.